The van der Waals surface area contributed by atoms with Crippen LogP contribution in [0.2, 0.25) is 0 Å². The Morgan fingerprint density at radius 2 is 2.22 bits per heavy atom. The summed E-state index contributed by atoms with van der Waals surface area (Å²) in [6, 6.07) is 1.75. The van der Waals surface area contributed by atoms with E-state index in [0.29, 0.717) is 12.4 Å². The lowest BCUT2D eigenvalue weighted by atomic mass is 10.3. The van der Waals surface area contributed by atoms with Gasteiger partial charge in [-0.3, -0.25) is 4.68 Å². The SMILES string of the molecule is CC1(c2nc(Cn3ccc(N)n3)cs2)OC=CO1. The number of rotatable bonds is 3. The maximum absolute atomic E-state index is 5.56. The molecule has 0 radical (unpaired) electrons. The zero-order valence-corrected chi connectivity index (χ0v) is 10.6. The van der Waals surface area contributed by atoms with Crippen LogP contribution in [0.1, 0.15) is 17.6 Å². The second kappa shape index (κ2) is 4.02. The van der Waals surface area contributed by atoms with Gasteiger partial charge in [0.2, 0.25) is 0 Å². The fourth-order valence-electron chi connectivity index (χ4n) is 1.66. The molecule has 0 atom stereocenters. The highest BCUT2D eigenvalue weighted by molar-refractivity contribution is 7.09. The third-order valence-corrected chi connectivity index (χ3v) is 3.64. The smallest absolute Gasteiger partial charge is 0.300 e. The van der Waals surface area contributed by atoms with Gasteiger partial charge in [-0.1, -0.05) is 0 Å². The Bertz CT molecular complexity index is 581. The Balaban J connectivity index is 1.77. The average molecular weight is 264 g/mol. The molecule has 0 spiro atoms. The lowest BCUT2D eigenvalue weighted by Crippen LogP contribution is -2.22. The molecule has 2 N–H and O–H groups in total. The first-order chi connectivity index (χ1) is 8.66. The van der Waals surface area contributed by atoms with E-state index in [0.717, 1.165) is 10.7 Å². The Hall–Kier alpha value is -2.02. The van der Waals surface area contributed by atoms with Crippen molar-refractivity contribution in [3.8, 4) is 0 Å². The van der Waals surface area contributed by atoms with E-state index in [9.17, 15) is 0 Å². The summed E-state index contributed by atoms with van der Waals surface area (Å²) >= 11 is 1.50. The highest BCUT2D eigenvalue weighted by atomic mass is 32.1. The lowest BCUT2D eigenvalue weighted by Gasteiger charge is -2.19. The predicted molar refractivity (Wildman–Crippen MR) is 66.5 cm³/mol. The fraction of sp³-hybridized carbons (Fsp3) is 0.273. The van der Waals surface area contributed by atoms with Crippen molar-refractivity contribution >= 4 is 17.2 Å². The second-order valence-electron chi connectivity index (χ2n) is 4.04. The largest absolute Gasteiger partial charge is 0.451 e. The van der Waals surface area contributed by atoms with E-state index in [1.807, 2.05) is 18.5 Å². The van der Waals surface area contributed by atoms with Gasteiger partial charge in [-0.05, 0) is 6.07 Å². The molecular formula is C11H12N4O2S. The van der Waals surface area contributed by atoms with E-state index in [4.69, 9.17) is 15.2 Å². The Labute approximate surface area is 108 Å². The molecule has 0 amide bonds. The number of ether oxygens (including phenoxy) is 2. The fourth-order valence-corrected chi connectivity index (χ4v) is 2.52. The van der Waals surface area contributed by atoms with Gasteiger partial charge in [-0.2, -0.15) is 5.10 Å². The van der Waals surface area contributed by atoms with Crippen LogP contribution >= 0.6 is 11.3 Å². The van der Waals surface area contributed by atoms with Gasteiger partial charge in [0, 0.05) is 18.5 Å². The number of anilines is 1. The van der Waals surface area contributed by atoms with E-state index in [2.05, 4.69) is 10.1 Å². The monoisotopic (exact) mass is 264 g/mol. The summed E-state index contributed by atoms with van der Waals surface area (Å²) in [5.74, 6) is -0.296. The van der Waals surface area contributed by atoms with Crippen LogP contribution < -0.4 is 5.73 Å². The summed E-state index contributed by atoms with van der Waals surface area (Å²) in [5, 5.41) is 6.86. The van der Waals surface area contributed by atoms with Crippen LogP contribution in [0.25, 0.3) is 0 Å². The lowest BCUT2D eigenvalue weighted by molar-refractivity contribution is -0.133. The van der Waals surface area contributed by atoms with Crippen LogP contribution in [0.5, 0.6) is 0 Å². The molecule has 0 bridgehead atoms. The summed E-state index contributed by atoms with van der Waals surface area (Å²) in [6.45, 7) is 2.42. The molecule has 2 aromatic heterocycles. The average Bonchev–Trinajstić information content (AvgIpc) is 3.02. The zero-order valence-electron chi connectivity index (χ0n) is 9.74. The molecule has 3 rings (SSSR count). The van der Waals surface area contributed by atoms with E-state index in [1.165, 1.54) is 23.9 Å². The van der Waals surface area contributed by atoms with Crippen LogP contribution in [-0.4, -0.2) is 14.8 Å². The molecular weight excluding hydrogens is 252 g/mol. The van der Waals surface area contributed by atoms with Crippen LogP contribution in [0.4, 0.5) is 5.82 Å². The molecule has 1 aliphatic rings. The standard InChI is InChI=1S/C11H12N4O2S/c1-11(16-4-5-17-11)10-13-8(7-18-10)6-15-3-2-9(12)14-15/h2-5,7H,6H2,1H3,(H2,12,14). The van der Waals surface area contributed by atoms with Crippen molar-refractivity contribution in [2.24, 2.45) is 0 Å². The zero-order chi connectivity index (χ0) is 12.6. The molecule has 2 aromatic rings. The van der Waals surface area contributed by atoms with Gasteiger partial charge < -0.3 is 15.2 Å². The van der Waals surface area contributed by atoms with Gasteiger partial charge in [0.15, 0.2) is 5.01 Å². The number of nitrogens with zero attached hydrogens (tertiary/aromatic N) is 3. The summed E-state index contributed by atoms with van der Waals surface area (Å²) in [7, 11) is 0. The number of hydrogen-bond donors (Lipinski definition) is 1. The third-order valence-electron chi connectivity index (χ3n) is 2.57. The van der Waals surface area contributed by atoms with Gasteiger partial charge in [-0.25, -0.2) is 4.98 Å². The van der Waals surface area contributed by atoms with Gasteiger partial charge >= 0.3 is 5.79 Å². The molecule has 94 valence electrons. The summed E-state index contributed by atoms with van der Waals surface area (Å²) in [4.78, 5) is 4.50. The minimum absolute atomic E-state index is 0.504. The van der Waals surface area contributed by atoms with Crippen molar-refractivity contribution in [1.82, 2.24) is 14.8 Å². The summed E-state index contributed by atoms with van der Waals surface area (Å²) < 4.78 is 12.5. The van der Waals surface area contributed by atoms with E-state index in [1.54, 1.807) is 10.7 Å². The van der Waals surface area contributed by atoms with Crippen LogP contribution in [0.3, 0.4) is 0 Å². The molecule has 6 nitrogen and oxygen atoms in total. The first kappa shape index (κ1) is 11.1. The Morgan fingerprint density at radius 3 is 2.89 bits per heavy atom. The predicted octanol–water partition coefficient (Wildman–Crippen LogP) is 1.66. The van der Waals surface area contributed by atoms with Crippen molar-refractivity contribution in [2.45, 2.75) is 19.3 Å². The molecule has 0 saturated carbocycles. The number of thiazole rings is 1. The van der Waals surface area contributed by atoms with Crippen LogP contribution in [0, 0.1) is 0 Å². The van der Waals surface area contributed by atoms with Gasteiger partial charge in [0.1, 0.15) is 18.3 Å². The topological polar surface area (TPSA) is 75.2 Å². The summed E-state index contributed by atoms with van der Waals surface area (Å²) in [5.41, 5.74) is 6.46. The molecule has 0 saturated heterocycles. The number of nitrogens with two attached hydrogens (primary N) is 1. The van der Waals surface area contributed by atoms with Crippen molar-refractivity contribution in [2.75, 3.05) is 5.73 Å². The van der Waals surface area contributed by atoms with Crippen LogP contribution in [0.15, 0.2) is 30.2 Å². The van der Waals surface area contributed by atoms with E-state index >= 15 is 0 Å². The maximum Gasteiger partial charge on any atom is 0.300 e. The van der Waals surface area contributed by atoms with Crippen molar-refractivity contribution in [3.05, 3.63) is 40.9 Å². The van der Waals surface area contributed by atoms with Crippen molar-refractivity contribution in [1.29, 1.82) is 0 Å². The molecule has 1 aliphatic heterocycles. The third kappa shape index (κ3) is 1.92. The van der Waals surface area contributed by atoms with Gasteiger partial charge in [0.05, 0.1) is 12.2 Å². The van der Waals surface area contributed by atoms with Crippen LogP contribution in [-0.2, 0) is 21.8 Å². The Morgan fingerprint density at radius 1 is 1.44 bits per heavy atom. The number of hydrogen-bond acceptors (Lipinski definition) is 6. The van der Waals surface area contributed by atoms with Crippen molar-refractivity contribution in [3.63, 3.8) is 0 Å². The molecule has 0 unspecified atom stereocenters. The normalized spacial score (nSPS) is 16.5. The van der Waals surface area contributed by atoms with Gasteiger partial charge in [0.25, 0.3) is 0 Å². The van der Waals surface area contributed by atoms with E-state index in [-0.39, 0.29) is 0 Å². The molecule has 3 heterocycles. The molecule has 7 heteroatoms. The number of nitrogen functional groups attached to an aromatic ring is 1. The minimum Gasteiger partial charge on any atom is -0.451 e. The summed E-state index contributed by atoms with van der Waals surface area (Å²) in [6.07, 6.45) is 4.87. The van der Waals surface area contributed by atoms with Gasteiger partial charge in [-0.15, -0.1) is 11.3 Å². The first-order valence-corrected chi connectivity index (χ1v) is 6.28. The molecule has 0 aromatic carbocycles. The van der Waals surface area contributed by atoms with E-state index < -0.39 is 5.79 Å². The van der Waals surface area contributed by atoms with Crippen molar-refractivity contribution < 1.29 is 9.47 Å². The molecule has 0 fully saturated rings. The first-order valence-electron chi connectivity index (χ1n) is 5.40. The number of aromatic nitrogens is 3. The Kier molecular flexibility index (Phi) is 2.48. The second-order valence-corrected chi connectivity index (χ2v) is 4.89. The molecule has 0 aliphatic carbocycles. The minimum atomic E-state index is -0.800. The quantitative estimate of drug-likeness (QED) is 0.912. The highest BCUT2D eigenvalue weighted by Crippen LogP contribution is 2.33. The highest BCUT2D eigenvalue weighted by Gasteiger charge is 2.35. The maximum atomic E-state index is 5.56. The molecule has 18 heavy (non-hydrogen) atoms.